The SMILES string of the molecule is COCC(C)n1c(N)nc2cc(I)c(F)cc21. The van der Waals surface area contributed by atoms with Gasteiger partial charge in [0.1, 0.15) is 5.82 Å². The van der Waals surface area contributed by atoms with Crippen molar-refractivity contribution in [1.29, 1.82) is 0 Å². The highest BCUT2D eigenvalue weighted by molar-refractivity contribution is 14.1. The number of nitrogen functional groups attached to an aromatic ring is 1. The van der Waals surface area contributed by atoms with E-state index in [4.69, 9.17) is 10.5 Å². The molecule has 0 bridgehead atoms. The van der Waals surface area contributed by atoms with Gasteiger partial charge in [-0.05, 0) is 35.6 Å². The molecule has 0 spiro atoms. The molecule has 0 amide bonds. The van der Waals surface area contributed by atoms with E-state index in [0.717, 1.165) is 0 Å². The summed E-state index contributed by atoms with van der Waals surface area (Å²) in [6.07, 6.45) is 0. The lowest BCUT2D eigenvalue weighted by molar-refractivity contribution is 0.164. The summed E-state index contributed by atoms with van der Waals surface area (Å²) in [5.41, 5.74) is 7.26. The predicted octanol–water partition coefficient (Wildman–Crippen LogP) is 2.57. The molecule has 6 heteroatoms. The van der Waals surface area contributed by atoms with Gasteiger partial charge in [-0.2, -0.15) is 0 Å². The fourth-order valence-electron chi connectivity index (χ4n) is 1.89. The van der Waals surface area contributed by atoms with Crippen molar-refractivity contribution >= 4 is 39.6 Å². The van der Waals surface area contributed by atoms with Crippen LogP contribution in [0.1, 0.15) is 13.0 Å². The first-order valence-electron chi connectivity index (χ1n) is 5.16. The lowest BCUT2D eigenvalue weighted by Crippen LogP contribution is -2.13. The maximum Gasteiger partial charge on any atom is 0.201 e. The highest BCUT2D eigenvalue weighted by Gasteiger charge is 2.15. The van der Waals surface area contributed by atoms with Crippen molar-refractivity contribution in [3.63, 3.8) is 0 Å². The van der Waals surface area contributed by atoms with Gasteiger partial charge in [-0.15, -0.1) is 0 Å². The molecule has 0 aliphatic carbocycles. The molecule has 1 aromatic carbocycles. The van der Waals surface area contributed by atoms with Crippen molar-refractivity contribution < 1.29 is 9.13 Å². The maximum absolute atomic E-state index is 13.6. The molecule has 2 aromatic rings. The zero-order valence-corrected chi connectivity index (χ0v) is 11.7. The Bertz CT molecular complexity index is 555. The van der Waals surface area contributed by atoms with E-state index in [1.807, 2.05) is 29.5 Å². The maximum atomic E-state index is 13.6. The zero-order chi connectivity index (χ0) is 12.6. The molecule has 1 atom stereocenters. The topological polar surface area (TPSA) is 53.1 Å². The summed E-state index contributed by atoms with van der Waals surface area (Å²) in [5, 5.41) is 0. The van der Waals surface area contributed by atoms with Gasteiger partial charge >= 0.3 is 0 Å². The van der Waals surface area contributed by atoms with Crippen LogP contribution in [0.5, 0.6) is 0 Å². The third-order valence-corrected chi connectivity index (χ3v) is 3.43. The van der Waals surface area contributed by atoms with Crippen molar-refractivity contribution in [2.45, 2.75) is 13.0 Å². The summed E-state index contributed by atoms with van der Waals surface area (Å²) < 4.78 is 21.0. The average Bonchev–Trinajstić information content (AvgIpc) is 2.55. The van der Waals surface area contributed by atoms with Crippen LogP contribution in [0.2, 0.25) is 0 Å². The number of nitrogens with zero attached hydrogens (tertiary/aromatic N) is 2. The highest BCUT2D eigenvalue weighted by Crippen LogP contribution is 2.26. The van der Waals surface area contributed by atoms with Crippen LogP contribution in [0.3, 0.4) is 0 Å². The monoisotopic (exact) mass is 349 g/mol. The Balaban J connectivity index is 2.62. The van der Waals surface area contributed by atoms with Crippen LogP contribution in [0.4, 0.5) is 10.3 Å². The normalized spacial score (nSPS) is 13.2. The van der Waals surface area contributed by atoms with E-state index in [2.05, 4.69) is 4.98 Å². The number of benzene rings is 1. The van der Waals surface area contributed by atoms with E-state index in [9.17, 15) is 4.39 Å². The highest BCUT2D eigenvalue weighted by atomic mass is 127. The summed E-state index contributed by atoms with van der Waals surface area (Å²) in [5.74, 6) is 0.120. The van der Waals surface area contributed by atoms with Crippen molar-refractivity contribution in [3.05, 3.63) is 21.5 Å². The van der Waals surface area contributed by atoms with E-state index in [-0.39, 0.29) is 11.9 Å². The number of methoxy groups -OCH3 is 1. The molecule has 1 unspecified atom stereocenters. The summed E-state index contributed by atoms with van der Waals surface area (Å²) in [6, 6.07) is 3.18. The van der Waals surface area contributed by atoms with Gasteiger partial charge < -0.3 is 15.0 Å². The van der Waals surface area contributed by atoms with Gasteiger partial charge in [-0.1, -0.05) is 0 Å². The minimum atomic E-state index is -0.260. The lowest BCUT2D eigenvalue weighted by atomic mass is 10.3. The summed E-state index contributed by atoms with van der Waals surface area (Å²) >= 11 is 1.94. The van der Waals surface area contributed by atoms with E-state index in [1.54, 1.807) is 17.7 Å². The van der Waals surface area contributed by atoms with Crippen LogP contribution < -0.4 is 5.73 Å². The number of aromatic nitrogens is 2. The molecule has 1 heterocycles. The number of hydrogen-bond donors (Lipinski definition) is 1. The molecule has 0 saturated heterocycles. The van der Waals surface area contributed by atoms with E-state index >= 15 is 0 Å². The number of anilines is 1. The molecular weight excluding hydrogens is 336 g/mol. The van der Waals surface area contributed by atoms with Crippen molar-refractivity contribution in [1.82, 2.24) is 9.55 Å². The molecule has 2 rings (SSSR count). The van der Waals surface area contributed by atoms with Gasteiger partial charge in [0.25, 0.3) is 0 Å². The largest absolute Gasteiger partial charge is 0.383 e. The lowest BCUT2D eigenvalue weighted by Gasteiger charge is -2.14. The van der Waals surface area contributed by atoms with Gasteiger partial charge in [0.2, 0.25) is 5.95 Å². The Labute approximate surface area is 112 Å². The Morgan fingerprint density at radius 3 is 2.94 bits per heavy atom. The molecule has 92 valence electrons. The van der Waals surface area contributed by atoms with Crippen molar-refractivity contribution in [2.24, 2.45) is 0 Å². The number of imidazole rings is 1. The first-order valence-corrected chi connectivity index (χ1v) is 6.24. The molecule has 0 aliphatic rings. The summed E-state index contributed by atoms with van der Waals surface area (Å²) in [4.78, 5) is 4.23. The molecule has 0 aliphatic heterocycles. The van der Waals surface area contributed by atoms with Crippen LogP contribution in [0.25, 0.3) is 11.0 Å². The molecule has 1 aromatic heterocycles. The fraction of sp³-hybridized carbons (Fsp3) is 0.364. The molecule has 17 heavy (non-hydrogen) atoms. The van der Waals surface area contributed by atoms with Crippen LogP contribution >= 0.6 is 22.6 Å². The van der Waals surface area contributed by atoms with E-state index in [0.29, 0.717) is 27.2 Å². The first-order chi connectivity index (χ1) is 8.04. The predicted molar refractivity (Wildman–Crippen MR) is 73.4 cm³/mol. The van der Waals surface area contributed by atoms with Gasteiger partial charge in [0, 0.05) is 13.2 Å². The van der Waals surface area contributed by atoms with Crippen LogP contribution in [0, 0.1) is 9.39 Å². The second-order valence-electron chi connectivity index (χ2n) is 3.90. The number of halogens is 2. The zero-order valence-electron chi connectivity index (χ0n) is 9.58. The van der Waals surface area contributed by atoms with Crippen molar-refractivity contribution in [3.8, 4) is 0 Å². The number of hydrogen-bond acceptors (Lipinski definition) is 3. The second-order valence-corrected chi connectivity index (χ2v) is 5.06. The Morgan fingerprint density at radius 1 is 1.59 bits per heavy atom. The quantitative estimate of drug-likeness (QED) is 0.867. The smallest absolute Gasteiger partial charge is 0.201 e. The summed E-state index contributed by atoms with van der Waals surface area (Å²) in [6.45, 7) is 2.46. The Morgan fingerprint density at radius 2 is 2.29 bits per heavy atom. The summed E-state index contributed by atoms with van der Waals surface area (Å²) in [7, 11) is 1.62. The number of fused-ring (bicyclic) bond motifs is 1. The van der Waals surface area contributed by atoms with Crippen LogP contribution in [-0.2, 0) is 4.74 Å². The van der Waals surface area contributed by atoms with Crippen LogP contribution in [-0.4, -0.2) is 23.3 Å². The fourth-order valence-corrected chi connectivity index (χ4v) is 2.34. The van der Waals surface area contributed by atoms with Gasteiger partial charge in [0.15, 0.2) is 0 Å². The van der Waals surface area contributed by atoms with Crippen LogP contribution in [0.15, 0.2) is 12.1 Å². The second kappa shape index (κ2) is 4.77. The van der Waals surface area contributed by atoms with Gasteiger partial charge in [-0.3, -0.25) is 0 Å². The number of rotatable bonds is 3. The van der Waals surface area contributed by atoms with Gasteiger partial charge in [-0.25, -0.2) is 9.37 Å². The van der Waals surface area contributed by atoms with Crippen molar-refractivity contribution in [2.75, 3.05) is 19.5 Å². The average molecular weight is 349 g/mol. The molecule has 4 nitrogen and oxygen atoms in total. The molecule has 0 fully saturated rings. The third kappa shape index (κ3) is 2.23. The standard InChI is InChI=1S/C11H13FIN3O/c1-6(5-17-2)16-10-3-7(12)8(13)4-9(10)15-11(16)14/h3-4,6H,5H2,1-2H3,(H2,14,15). The number of nitrogens with two attached hydrogens (primary N) is 1. The van der Waals surface area contributed by atoms with Gasteiger partial charge in [0.05, 0.1) is 27.3 Å². The third-order valence-electron chi connectivity index (χ3n) is 2.61. The van der Waals surface area contributed by atoms with E-state index in [1.165, 1.54) is 6.07 Å². The number of ether oxygens (including phenoxy) is 1. The molecule has 0 saturated carbocycles. The van der Waals surface area contributed by atoms with E-state index < -0.39 is 0 Å². The molecule has 0 radical (unpaired) electrons. The molecule has 2 N–H and O–H groups in total. The Kier molecular flexibility index (Phi) is 3.53. The minimum Gasteiger partial charge on any atom is -0.383 e. The Hall–Kier alpha value is -0.890. The minimum absolute atomic E-state index is 0.0180. The first kappa shape index (κ1) is 12.6. The molecular formula is C11H13FIN3O.